The molecule has 1 aliphatic carbocycles. The SMILES string of the molecule is COCCCCC1CCc2ccccc2C1=O. The monoisotopic (exact) mass is 232 g/mol. The molecule has 2 rings (SSSR count). The standard InChI is InChI=1S/C15H20O2/c1-17-11-5-4-7-13-10-9-12-6-2-3-8-14(12)15(13)16/h2-3,6,8,13H,4-5,7,9-11H2,1H3. The molecule has 0 N–H and O–H groups in total. The molecule has 0 spiro atoms. The van der Waals surface area contributed by atoms with Gasteiger partial charge in [0.15, 0.2) is 5.78 Å². The number of hydrogen-bond acceptors (Lipinski definition) is 2. The largest absolute Gasteiger partial charge is 0.385 e. The van der Waals surface area contributed by atoms with E-state index >= 15 is 0 Å². The van der Waals surface area contributed by atoms with Crippen LogP contribution in [0.4, 0.5) is 0 Å². The summed E-state index contributed by atoms with van der Waals surface area (Å²) in [5, 5.41) is 0. The van der Waals surface area contributed by atoms with E-state index in [4.69, 9.17) is 4.74 Å². The number of aryl methyl sites for hydroxylation is 1. The number of rotatable bonds is 5. The minimum absolute atomic E-state index is 0.238. The molecular weight excluding hydrogens is 212 g/mol. The predicted octanol–water partition coefficient (Wildman–Crippen LogP) is 3.25. The van der Waals surface area contributed by atoms with Crippen molar-refractivity contribution in [3.63, 3.8) is 0 Å². The Morgan fingerprint density at radius 1 is 1.29 bits per heavy atom. The van der Waals surface area contributed by atoms with Gasteiger partial charge in [-0.3, -0.25) is 4.79 Å². The normalized spacial score (nSPS) is 19.1. The third kappa shape index (κ3) is 2.95. The topological polar surface area (TPSA) is 26.3 Å². The van der Waals surface area contributed by atoms with Crippen LogP contribution in [0.25, 0.3) is 0 Å². The minimum atomic E-state index is 0.238. The Morgan fingerprint density at radius 2 is 2.12 bits per heavy atom. The number of unbranched alkanes of at least 4 members (excludes halogenated alkanes) is 1. The van der Waals surface area contributed by atoms with E-state index in [1.165, 1.54) is 5.56 Å². The van der Waals surface area contributed by atoms with Crippen LogP contribution < -0.4 is 0 Å². The van der Waals surface area contributed by atoms with Gasteiger partial charge in [0.25, 0.3) is 0 Å². The van der Waals surface area contributed by atoms with E-state index in [1.54, 1.807) is 7.11 Å². The highest BCUT2D eigenvalue weighted by atomic mass is 16.5. The number of Topliss-reactive ketones (excluding diaryl/α,β-unsaturated/α-hetero) is 1. The third-order valence-corrected chi connectivity index (χ3v) is 3.57. The van der Waals surface area contributed by atoms with E-state index in [1.807, 2.05) is 18.2 Å². The van der Waals surface area contributed by atoms with Crippen molar-refractivity contribution < 1.29 is 9.53 Å². The zero-order chi connectivity index (χ0) is 12.1. The van der Waals surface area contributed by atoms with Crippen LogP contribution in [0.2, 0.25) is 0 Å². The molecule has 0 amide bonds. The first-order valence-electron chi connectivity index (χ1n) is 6.44. The summed E-state index contributed by atoms with van der Waals surface area (Å²) in [7, 11) is 1.72. The zero-order valence-electron chi connectivity index (χ0n) is 10.4. The van der Waals surface area contributed by atoms with Gasteiger partial charge in [-0.25, -0.2) is 0 Å². The lowest BCUT2D eigenvalue weighted by Crippen LogP contribution is -2.22. The van der Waals surface area contributed by atoms with E-state index in [-0.39, 0.29) is 5.92 Å². The van der Waals surface area contributed by atoms with Crippen LogP contribution in [0, 0.1) is 5.92 Å². The van der Waals surface area contributed by atoms with Crippen LogP contribution in [0.5, 0.6) is 0 Å². The summed E-state index contributed by atoms with van der Waals surface area (Å²) in [5.74, 6) is 0.589. The lowest BCUT2D eigenvalue weighted by Gasteiger charge is -2.23. The highest BCUT2D eigenvalue weighted by molar-refractivity contribution is 6.00. The van der Waals surface area contributed by atoms with Gasteiger partial charge in [0, 0.05) is 25.2 Å². The Morgan fingerprint density at radius 3 is 2.94 bits per heavy atom. The molecule has 0 saturated heterocycles. The summed E-state index contributed by atoms with van der Waals surface area (Å²) >= 11 is 0. The van der Waals surface area contributed by atoms with Crippen molar-refractivity contribution >= 4 is 5.78 Å². The zero-order valence-corrected chi connectivity index (χ0v) is 10.4. The molecule has 1 atom stereocenters. The molecule has 0 saturated carbocycles. The molecule has 0 aliphatic heterocycles. The van der Waals surface area contributed by atoms with E-state index in [0.717, 1.165) is 44.3 Å². The first kappa shape index (κ1) is 12.3. The van der Waals surface area contributed by atoms with E-state index in [2.05, 4.69) is 6.07 Å². The molecule has 0 radical (unpaired) electrons. The van der Waals surface area contributed by atoms with Gasteiger partial charge in [-0.15, -0.1) is 0 Å². The van der Waals surface area contributed by atoms with Crippen LogP contribution in [0.1, 0.15) is 41.6 Å². The number of benzene rings is 1. The Bertz CT molecular complexity index is 384. The molecule has 2 heteroatoms. The first-order valence-corrected chi connectivity index (χ1v) is 6.44. The number of carbonyl (C=O) groups is 1. The third-order valence-electron chi connectivity index (χ3n) is 3.57. The van der Waals surface area contributed by atoms with E-state index in [9.17, 15) is 4.79 Å². The lowest BCUT2D eigenvalue weighted by atomic mass is 9.80. The second kappa shape index (κ2) is 5.97. The smallest absolute Gasteiger partial charge is 0.166 e. The quantitative estimate of drug-likeness (QED) is 0.728. The Labute approximate surface area is 103 Å². The number of fused-ring (bicyclic) bond motifs is 1. The average Bonchev–Trinajstić information content (AvgIpc) is 2.37. The number of carbonyl (C=O) groups excluding carboxylic acids is 1. The van der Waals surface area contributed by atoms with E-state index in [0.29, 0.717) is 5.78 Å². The minimum Gasteiger partial charge on any atom is -0.385 e. The van der Waals surface area contributed by atoms with Crippen molar-refractivity contribution in [1.29, 1.82) is 0 Å². The van der Waals surface area contributed by atoms with Crippen molar-refractivity contribution in [3.8, 4) is 0 Å². The Hall–Kier alpha value is -1.15. The average molecular weight is 232 g/mol. The van der Waals surface area contributed by atoms with Gasteiger partial charge >= 0.3 is 0 Å². The molecule has 1 aromatic carbocycles. The van der Waals surface area contributed by atoms with Crippen molar-refractivity contribution in [2.45, 2.75) is 32.1 Å². The number of methoxy groups -OCH3 is 1. The number of ketones is 1. The maximum absolute atomic E-state index is 12.2. The highest BCUT2D eigenvalue weighted by Gasteiger charge is 2.26. The fourth-order valence-electron chi connectivity index (χ4n) is 2.57. The molecule has 0 aromatic heterocycles. The maximum Gasteiger partial charge on any atom is 0.166 e. The first-order chi connectivity index (χ1) is 8.33. The van der Waals surface area contributed by atoms with Gasteiger partial charge in [0.2, 0.25) is 0 Å². The van der Waals surface area contributed by atoms with Crippen molar-refractivity contribution in [2.75, 3.05) is 13.7 Å². The summed E-state index contributed by atoms with van der Waals surface area (Å²) < 4.78 is 5.03. The Kier molecular flexibility index (Phi) is 4.32. The molecule has 0 fully saturated rings. The van der Waals surface area contributed by atoms with Crippen LogP contribution >= 0.6 is 0 Å². The second-order valence-corrected chi connectivity index (χ2v) is 4.75. The van der Waals surface area contributed by atoms with Crippen LogP contribution in [0.15, 0.2) is 24.3 Å². The van der Waals surface area contributed by atoms with Gasteiger partial charge in [-0.1, -0.05) is 30.7 Å². The van der Waals surface area contributed by atoms with Crippen molar-refractivity contribution in [2.24, 2.45) is 5.92 Å². The lowest BCUT2D eigenvalue weighted by molar-refractivity contribution is 0.0889. The van der Waals surface area contributed by atoms with Gasteiger partial charge in [-0.05, 0) is 31.2 Å². The van der Waals surface area contributed by atoms with Crippen LogP contribution in [0.3, 0.4) is 0 Å². The fraction of sp³-hybridized carbons (Fsp3) is 0.533. The number of hydrogen-bond donors (Lipinski definition) is 0. The molecule has 1 unspecified atom stereocenters. The highest BCUT2D eigenvalue weighted by Crippen LogP contribution is 2.28. The molecule has 0 bridgehead atoms. The summed E-state index contributed by atoms with van der Waals surface area (Å²) in [4.78, 5) is 12.2. The maximum atomic E-state index is 12.2. The number of ether oxygens (including phenoxy) is 1. The summed E-state index contributed by atoms with van der Waals surface area (Å²) in [6.45, 7) is 0.803. The molecule has 0 heterocycles. The molecule has 17 heavy (non-hydrogen) atoms. The fourth-order valence-corrected chi connectivity index (χ4v) is 2.57. The molecule has 92 valence electrons. The van der Waals surface area contributed by atoms with Crippen LogP contribution in [-0.4, -0.2) is 19.5 Å². The van der Waals surface area contributed by atoms with Gasteiger partial charge in [0.05, 0.1) is 0 Å². The second-order valence-electron chi connectivity index (χ2n) is 4.75. The molecule has 1 aliphatic rings. The molecule has 2 nitrogen and oxygen atoms in total. The van der Waals surface area contributed by atoms with Gasteiger partial charge in [-0.2, -0.15) is 0 Å². The predicted molar refractivity (Wildman–Crippen MR) is 68.3 cm³/mol. The summed E-state index contributed by atoms with van der Waals surface area (Å²) in [6.07, 6.45) is 5.23. The molecule has 1 aromatic rings. The molecular formula is C15H20O2. The van der Waals surface area contributed by atoms with Crippen molar-refractivity contribution in [1.82, 2.24) is 0 Å². The summed E-state index contributed by atoms with van der Waals surface area (Å²) in [5.41, 5.74) is 2.18. The van der Waals surface area contributed by atoms with E-state index < -0.39 is 0 Å². The van der Waals surface area contributed by atoms with Crippen molar-refractivity contribution in [3.05, 3.63) is 35.4 Å². The van der Waals surface area contributed by atoms with Gasteiger partial charge in [0.1, 0.15) is 0 Å². The van der Waals surface area contributed by atoms with Crippen LogP contribution in [-0.2, 0) is 11.2 Å². The Balaban J connectivity index is 1.93. The van der Waals surface area contributed by atoms with Gasteiger partial charge < -0.3 is 4.74 Å². The summed E-state index contributed by atoms with van der Waals surface area (Å²) in [6, 6.07) is 8.03.